The fourth-order valence-electron chi connectivity index (χ4n) is 2.93. The molecule has 0 aromatic heterocycles. The first-order valence-electron chi connectivity index (χ1n) is 6.79. The molecule has 0 radical (unpaired) electrons. The molecular formula is C15H19NO3. The number of benzene rings is 1. The molecule has 1 N–H and O–H groups in total. The summed E-state index contributed by atoms with van der Waals surface area (Å²) >= 11 is 0. The minimum Gasteiger partial charge on any atom is -0.508 e. The maximum atomic E-state index is 11.6. The molecule has 1 saturated carbocycles. The van der Waals surface area contributed by atoms with Crippen LogP contribution in [0.3, 0.4) is 0 Å². The lowest BCUT2D eigenvalue weighted by atomic mass is 9.93. The molecule has 1 spiro atoms. The van der Waals surface area contributed by atoms with E-state index >= 15 is 0 Å². The van der Waals surface area contributed by atoms with Gasteiger partial charge in [0.2, 0.25) is 0 Å². The minimum absolute atomic E-state index is 0.115. The molecular weight excluding hydrogens is 242 g/mol. The molecule has 0 unspecified atom stereocenters. The van der Waals surface area contributed by atoms with Gasteiger partial charge in [0, 0.05) is 24.8 Å². The van der Waals surface area contributed by atoms with Crippen molar-refractivity contribution in [3.8, 4) is 5.75 Å². The second-order valence-electron chi connectivity index (χ2n) is 5.72. The molecule has 19 heavy (non-hydrogen) atoms. The highest BCUT2D eigenvalue weighted by Crippen LogP contribution is 2.54. The average molecular weight is 261 g/mol. The van der Waals surface area contributed by atoms with Crippen molar-refractivity contribution >= 4 is 11.7 Å². The number of nitrogens with zero attached hydrogens (tertiary/aromatic N) is 1. The number of ether oxygens (including phenoxy) is 1. The highest BCUT2D eigenvalue weighted by atomic mass is 16.5. The van der Waals surface area contributed by atoms with Crippen LogP contribution in [0.5, 0.6) is 5.75 Å². The number of esters is 1. The molecule has 1 aromatic rings. The van der Waals surface area contributed by atoms with Crippen LogP contribution >= 0.6 is 0 Å². The molecule has 1 saturated heterocycles. The zero-order valence-corrected chi connectivity index (χ0v) is 11.2. The molecule has 3 rings (SSSR count). The summed E-state index contributed by atoms with van der Waals surface area (Å²) in [6.07, 6.45) is 5.18. The summed E-state index contributed by atoms with van der Waals surface area (Å²) in [5, 5.41) is 9.75. The van der Waals surface area contributed by atoms with E-state index in [9.17, 15) is 9.90 Å². The van der Waals surface area contributed by atoms with Gasteiger partial charge in [-0.15, -0.1) is 0 Å². The van der Waals surface area contributed by atoms with Crippen LogP contribution in [0, 0.1) is 5.41 Å². The largest absolute Gasteiger partial charge is 0.508 e. The number of phenols is 1. The Kier molecular flexibility index (Phi) is 2.88. The van der Waals surface area contributed by atoms with Gasteiger partial charge in [-0.05, 0) is 43.2 Å². The number of anilines is 1. The summed E-state index contributed by atoms with van der Waals surface area (Å²) in [6, 6.07) is 4.97. The van der Waals surface area contributed by atoms with E-state index in [4.69, 9.17) is 4.74 Å². The second-order valence-corrected chi connectivity index (χ2v) is 5.72. The number of methoxy groups -OCH3 is 1. The van der Waals surface area contributed by atoms with Gasteiger partial charge in [0.1, 0.15) is 5.75 Å². The molecule has 1 heterocycles. The maximum absolute atomic E-state index is 11.6. The first-order chi connectivity index (χ1) is 9.12. The number of phenolic OH excluding ortho intramolecular Hbond substituents is 1. The summed E-state index contributed by atoms with van der Waals surface area (Å²) < 4.78 is 4.71. The van der Waals surface area contributed by atoms with E-state index in [-0.39, 0.29) is 5.75 Å². The van der Waals surface area contributed by atoms with Gasteiger partial charge in [0.25, 0.3) is 0 Å². The molecule has 2 aliphatic rings. The smallest absolute Gasteiger partial charge is 0.338 e. The predicted octanol–water partition coefficient (Wildman–Crippen LogP) is 2.56. The van der Waals surface area contributed by atoms with Crippen molar-refractivity contribution in [2.75, 3.05) is 25.1 Å². The van der Waals surface area contributed by atoms with Crippen LogP contribution in [-0.2, 0) is 4.74 Å². The van der Waals surface area contributed by atoms with Crippen LogP contribution in [0.15, 0.2) is 18.2 Å². The molecule has 1 aliphatic heterocycles. The van der Waals surface area contributed by atoms with E-state index in [1.165, 1.54) is 38.9 Å². The van der Waals surface area contributed by atoms with Crippen LogP contribution in [0.2, 0.25) is 0 Å². The quantitative estimate of drug-likeness (QED) is 0.831. The van der Waals surface area contributed by atoms with E-state index in [1.807, 2.05) is 0 Å². The van der Waals surface area contributed by atoms with E-state index < -0.39 is 5.97 Å². The first-order valence-corrected chi connectivity index (χ1v) is 6.79. The lowest BCUT2D eigenvalue weighted by Crippen LogP contribution is -2.34. The highest BCUT2D eigenvalue weighted by Gasteiger charge is 2.44. The topological polar surface area (TPSA) is 49.8 Å². The second kappa shape index (κ2) is 4.44. The van der Waals surface area contributed by atoms with Gasteiger partial charge < -0.3 is 14.7 Å². The van der Waals surface area contributed by atoms with Gasteiger partial charge >= 0.3 is 5.97 Å². The van der Waals surface area contributed by atoms with Gasteiger partial charge in [-0.1, -0.05) is 0 Å². The SMILES string of the molecule is COC(=O)c1cc(O)cc(N2CCC3(CC2)CC3)c1. The normalized spacial score (nSPS) is 20.4. The standard InChI is InChI=1S/C15H19NO3/c1-19-14(18)11-8-12(10-13(17)9-11)16-6-4-15(2-3-15)5-7-16/h8-10,17H,2-7H2,1H3. The number of rotatable bonds is 2. The Morgan fingerprint density at radius 2 is 1.89 bits per heavy atom. The van der Waals surface area contributed by atoms with Gasteiger partial charge in [-0.25, -0.2) is 4.79 Å². The summed E-state index contributed by atoms with van der Waals surface area (Å²) in [5.41, 5.74) is 1.94. The summed E-state index contributed by atoms with van der Waals surface area (Å²) in [7, 11) is 1.35. The molecule has 4 nitrogen and oxygen atoms in total. The van der Waals surface area contributed by atoms with Crippen LogP contribution in [0.4, 0.5) is 5.69 Å². The fourth-order valence-corrected chi connectivity index (χ4v) is 2.93. The average Bonchev–Trinajstić information content (AvgIpc) is 3.17. The number of hydrogen-bond donors (Lipinski definition) is 1. The Morgan fingerprint density at radius 3 is 2.47 bits per heavy atom. The molecule has 4 heteroatoms. The Hall–Kier alpha value is -1.71. The van der Waals surface area contributed by atoms with Crippen LogP contribution in [0.1, 0.15) is 36.0 Å². The maximum Gasteiger partial charge on any atom is 0.338 e. The Bertz CT molecular complexity index is 498. The third kappa shape index (κ3) is 2.39. The Morgan fingerprint density at radius 1 is 1.21 bits per heavy atom. The molecule has 1 aliphatic carbocycles. The third-order valence-electron chi connectivity index (χ3n) is 4.47. The summed E-state index contributed by atoms with van der Waals surface area (Å²) in [6.45, 7) is 2.01. The van der Waals surface area contributed by atoms with Gasteiger partial charge in [0.15, 0.2) is 0 Å². The predicted molar refractivity (Wildman–Crippen MR) is 72.6 cm³/mol. The first kappa shape index (κ1) is 12.3. The molecule has 0 atom stereocenters. The third-order valence-corrected chi connectivity index (χ3v) is 4.47. The minimum atomic E-state index is -0.409. The molecule has 2 fully saturated rings. The number of piperidine rings is 1. The number of carbonyl (C=O) groups excluding carboxylic acids is 1. The van der Waals surface area contributed by atoms with Crippen molar-refractivity contribution in [3.05, 3.63) is 23.8 Å². The molecule has 102 valence electrons. The summed E-state index contributed by atoms with van der Waals surface area (Å²) in [4.78, 5) is 13.8. The Balaban J connectivity index is 1.80. The van der Waals surface area contributed by atoms with Crippen molar-refractivity contribution in [1.29, 1.82) is 0 Å². The zero-order chi connectivity index (χ0) is 13.5. The lowest BCUT2D eigenvalue weighted by Gasteiger charge is -2.34. The van der Waals surface area contributed by atoms with Crippen molar-refractivity contribution in [2.45, 2.75) is 25.7 Å². The van der Waals surface area contributed by atoms with Gasteiger partial charge in [-0.2, -0.15) is 0 Å². The van der Waals surface area contributed by atoms with Gasteiger partial charge in [0.05, 0.1) is 12.7 Å². The van der Waals surface area contributed by atoms with Crippen LogP contribution in [0.25, 0.3) is 0 Å². The van der Waals surface area contributed by atoms with Crippen molar-refractivity contribution < 1.29 is 14.6 Å². The summed E-state index contributed by atoms with van der Waals surface area (Å²) in [5.74, 6) is -0.294. The number of carbonyl (C=O) groups is 1. The van der Waals surface area contributed by atoms with E-state index in [0.717, 1.165) is 18.8 Å². The molecule has 0 bridgehead atoms. The lowest BCUT2D eigenvalue weighted by molar-refractivity contribution is 0.0600. The van der Waals surface area contributed by atoms with Crippen LogP contribution < -0.4 is 4.90 Å². The highest BCUT2D eigenvalue weighted by molar-refractivity contribution is 5.91. The fraction of sp³-hybridized carbons (Fsp3) is 0.533. The van der Waals surface area contributed by atoms with Gasteiger partial charge in [-0.3, -0.25) is 0 Å². The van der Waals surface area contributed by atoms with E-state index in [1.54, 1.807) is 12.1 Å². The molecule has 0 amide bonds. The van der Waals surface area contributed by atoms with E-state index in [2.05, 4.69) is 4.90 Å². The Labute approximate surface area is 113 Å². The number of hydrogen-bond acceptors (Lipinski definition) is 4. The van der Waals surface area contributed by atoms with Crippen molar-refractivity contribution in [1.82, 2.24) is 0 Å². The number of aromatic hydroxyl groups is 1. The monoisotopic (exact) mass is 261 g/mol. The zero-order valence-electron chi connectivity index (χ0n) is 11.2. The van der Waals surface area contributed by atoms with Crippen molar-refractivity contribution in [3.63, 3.8) is 0 Å². The van der Waals surface area contributed by atoms with E-state index in [0.29, 0.717) is 11.0 Å². The van der Waals surface area contributed by atoms with Crippen LogP contribution in [-0.4, -0.2) is 31.3 Å². The molecule has 1 aromatic carbocycles. The van der Waals surface area contributed by atoms with Crippen molar-refractivity contribution in [2.24, 2.45) is 5.41 Å².